The van der Waals surface area contributed by atoms with E-state index in [9.17, 15) is 9.65 Å². The van der Waals surface area contributed by atoms with Gasteiger partial charge in [-0.3, -0.25) is 5.10 Å². The number of nitrogens with zero attached hydrogens (tertiary/aromatic N) is 2. The average molecular weight is 441 g/mol. The summed E-state index contributed by atoms with van der Waals surface area (Å²) in [6, 6.07) is 20.1. The third kappa shape index (κ3) is 3.56. The molecule has 164 valence electrons. The number of hydrogen-bond donors (Lipinski definition) is 1. The molecule has 0 amide bonds. The van der Waals surface area contributed by atoms with Gasteiger partial charge in [-0.25, -0.2) is 4.39 Å². The molecule has 3 aromatic carbocycles. The van der Waals surface area contributed by atoms with Crippen molar-refractivity contribution in [1.29, 1.82) is 5.26 Å². The van der Waals surface area contributed by atoms with Crippen molar-refractivity contribution in [1.82, 2.24) is 10.2 Å². The molecule has 1 saturated carbocycles. The first-order valence-corrected chi connectivity index (χ1v) is 10.8. The Hall–Kier alpha value is -3.98. The van der Waals surface area contributed by atoms with E-state index in [0.717, 1.165) is 36.0 Å². The first-order chi connectivity index (χ1) is 16.1. The molecule has 1 aromatic heterocycles. The van der Waals surface area contributed by atoms with E-state index in [2.05, 4.69) is 16.3 Å². The minimum absolute atomic E-state index is 0.125. The van der Waals surface area contributed by atoms with Gasteiger partial charge >= 0.3 is 0 Å². The molecule has 0 radical (unpaired) electrons. The van der Waals surface area contributed by atoms with Gasteiger partial charge in [-0.2, -0.15) is 14.8 Å². The number of H-pyrrole nitrogens is 1. The molecule has 1 heterocycles. The normalized spacial score (nSPS) is 14.5. The Morgan fingerprint density at radius 1 is 1.06 bits per heavy atom. The first-order valence-electron chi connectivity index (χ1n) is 10.8. The number of rotatable bonds is 5. The summed E-state index contributed by atoms with van der Waals surface area (Å²) < 4.78 is 35.2. The Labute approximate surface area is 190 Å². The lowest BCUT2D eigenvalue weighted by atomic mass is 9.72. The number of ether oxygens (including phenoxy) is 1. The zero-order valence-corrected chi connectivity index (χ0v) is 18.0. The highest BCUT2D eigenvalue weighted by Gasteiger charge is 2.30. The van der Waals surface area contributed by atoms with Crippen LogP contribution in [-0.2, 0) is 0 Å². The van der Waals surface area contributed by atoms with Gasteiger partial charge in [0.05, 0.1) is 23.6 Å². The number of methoxy groups -OCH3 is 1. The topological polar surface area (TPSA) is 61.7 Å². The van der Waals surface area contributed by atoms with Crippen molar-refractivity contribution in [3.05, 3.63) is 94.7 Å². The molecule has 5 rings (SSSR count). The van der Waals surface area contributed by atoms with Gasteiger partial charge in [0.1, 0.15) is 17.6 Å². The largest absolute Gasteiger partial charge is 0.497 e. The van der Waals surface area contributed by atoms with Crippen LogP contribution in [-0.4, -0.2) is 17.3 Å². The van der Waals surface area contributed by atoms with E-state index < -0.39 is 11.8 Å². The van der Waals surface area contributed by atoms with E-state index in [-0.39, 0.29) is 16.9 Å². The van der Waals surface area contributed by atoms with E-state index in [0.29, 0.717) is 22.4 Å². The van der Waals surface area contributed by atoms with Crippen molar-refractivity contribution >= 4 is 22.0 Å². The summed E-state index contributed by atoms with van der Waals surface area (Å²) in [5.41, 5.74) is 4.00. The molecule has 0 aliphatic heterocycles. The number of benzene rings is 3. The molecule has 0 bridgehead atoms. The van der Waals surface area contributed by atoms with Gasteiger partial charge in [0, 0.05) is 17.2 Å². The molecule has 1 fully saturated rings. The molecule has 0 spiro atoms. The van der Waals surface area contributed by atoms with Crippen LogP contribution in [0.25, 0.3) is 22.0 Å². The van der Waals surface area contributed by atoms with Crippen molar-refractivity contribution in [2.24, 2.45) is 5.92 Å². The maximum Gasteiger partial charge on any atom is 0.218 e. The van der Waals surface area contributed by atoms with Gasteiger partial charge in [-0.05, 0) is 53.7 Å². The lowest BCUT2D eigenvalue weighted by Crippen LogP contribution is -2.16. The Kier molecular flexibility index (Phi) is 5.39. The second-order valence-electron chi connectivity index (χ2n) is 8.16. The summed E-state index contributed by atoms with van der Waals surface area (Å²) in [7, 11) is 1.50. The van der Waals surface area contributed by atoms with Crippen LogP contribution in [0.5, 0.6) is 5.75 Å². The summed E-state index contributed by atoms with van der Waals surface area (Å²) in [5.74, 6) is -0.486. The van der Waals surface area contributed by atoms with Crippen LogP contribution in [0.15, 0.2) is 60.7 Å². The second kappa shape index (κ2) is 8.51. The third-order valence-electron chi connectivity index (χ3n) is 6.37. The summed E-state index contributed by atoms with van der Waals surface area (Å²) in [5, 5.41) is 16.5. The number of hydrogen-bond acceptors (Lipinski definition) is 3. The standard InChI is InChI=1S/C27H21F2N3O/c1-33-18-10-11-20(22(28)14-18)25(17-8-5-9-17)24(16-6-3-2-4-7-16)19-12-13-23-26(21(19)15-30)27(29)32-31-23/h2-4,6-7,10-14,17H,5,8-9H2,1H3,(H,31,32)/b25-24+. The van der Waals surface area contributed by atoms with E-state index in [4.69, 9.17) is 4.74 Å². The molecule has 33 heavy (non-hydrogen) atoms. The predicted molar refractivity (Wildman–Crippen MR) is 123 cm³/mol. The van der Waals surface area contributed by atoms with Crippen molar-refractivity contribution in [2.45, 2.75) is 19.3 Å². The minimum atomic E-state index is -0.656. The highest BCUT2D eigenvalue weighted by atomic mass is 19.1. The lowest BCUT2D eigenvalue weighted by molar-refractivity contribution is 0.398. The van der Waals surface area contributed by atoms with Crippen LogP contribution in [0.2, 0.25) is 0 Å². The Morgan fingerprint density at radius 3 is 2.45 bits per heavy atom. The van der Waals surface area contributed by atoms with E-state index in [1.54, 1.807) is 24.3 Å². The van der Waals surface area contributed by atoms with Gasteiger partial charge < -0.3 is 4.74 Å². The molecule has 1 aliphatic rings. The first kappa shape index (κ1) is 20.9. The molecule has 0 unspecified atom stereocenters. The maximum absolute atomic E-state index is 15.4. The van der Waals surface area contributed by atoms with Gasteiger partial charge in [-0.1, -0.05) is 42.8 Å². The molecular formula is C27H21F2N3O. The molecule has 0 atom stereocenters. The molecule has 4 nitrogen and oxygen atoms in total. The maximum atomic E-state index is 15.4. The Balaban J connectivity index is 1.89. The van der Waals surface area contributed by atoms with Crippen LogP contribution in [0, 0.1) is 29.0 Å². The van der Waals surface area contributed by atoms with Gasteiger partial charge in [0.15, 0.2) is 0 Å². The summed E-state index contributed by atoms with van der Waals surface area (Å²) in [6.07, 6.45) is 2.89. The van der Waals surface area contributed by atoms with E-state index in [1.807, 2.05) is 30.3 Å². The number of nitrogens with one attached hydrogen (secondary N) is 1. The Bertz CT molecular complexity index is 1410. The summed E-state index contributed by atoms with van der Waals surface area (Å²) >= 11 is 0. The number of aromatic nitrogens is 2. The van der Waals surface area contributed by atoms with Crippen molar-refractivity contribution in [3.63, 3.8) is 0 Å². The summed E-state index contributed by atoms with van der Waals surface area (Å²) in [6.45, 7) is 0. The number of allylic oxidation sites excluding steroid dienone is 1. The van der Waals surface area contributed by atoms with Crippen molar-refractivity contribution in [3.8, 4) is 11.8 Å². The van der Waals surface area contributed by atoms with E-state index in [1.165, 1.54) is 13.2 Å². The zero-order valence-electron chi connectivity index (χ0n) is 18.0. The van der Waals surface area contributed by atoms with Crippen LogP contribution in [0.3, 0.4) is 0 Å². The van der Waals surface area contributed by atoms with E-state index >= 15 is 4.39 Å². The third-order valence-corrected chi connectivity index (χ3v) is 6.37. The van der Waals surface area contributed by atoms with Crippen LogP contribution >= 0.6 is 0 Å². The molecule has 0 saturated heterocycles. The molecular weight excluding hydrogens is 420 g/mol. The van der Waals surface area contributed by atoms with Crippen molar-refractivity contribution in [2.75, 3.05) is 7.11 Å². The highest BCUT2D eigenvalue weighted by molar-refractivity contribution is 6.04. The van der Waals surface area contributed by atoms with Gasteiger partial charge in [0.25, 0.3) is 0 Å². The highest BCUT2D eigenvalue weighted by Crippen LogP contribution is 2.47. The quantitative estimate of drug-likeness (QED) is 0.361. The smallest absolute Gasteiger partial charge is 0.218 e. The average Bonchev–Trinajstić information content (AvgIpc) is 3.19. The van der Waals surface area contributed by atoms with Crippen LogP contribution < -0.4 is 4.74 Å². The van der Waals surface area contributed by atoms with Gasteiger partial charge in [0.2, 0.25) is 5.95 Å². The molecule has 6 heteroatoms. The zero-order chi connectivity index (χ0) is 22.9. The fourth-order valence-corrected chi connectivity index (χ4v) is 4.55. The molecule has 1 N–H and O–H groups in total. The fourth-order valence-electron chi connectivity index (χ4n) is 4.55. The predicted octanol–water partition coefficient (Wildman–Crippen LogP) is 6.48. The SMILES string of the molecule is COc1ccc(/C(=C(\c2ccccc2)c2ccc3n[nH]c(F)c3c2C#N)C2CCC2)c(F)c1. The van der Waals surface area contributed by atoms with Gasteiger partial charge in [-0.15, -0.1) is 0 Å². The van der Waals surface area contributed by atoms with Crippen LogP contribution in [0.4, 0.5) is 8.78 Å². The fraction of sp³-hybridized carbons (Fsp3) is 0.185. The molecule has 4 aromatic rings. The lowest BCUT2D eigenvalue weighted by Gasteiger charge is -2.32. The second-order valence-corrected chi connectivity index (χ2v) is 8.16. The van der Waals surface area contributed by atoms with Crippen molar-refractivity contribution < 1.29 is 13.5 Å². The molecule has 1 aliphatic carbocycles. The number of halogens is 2. The minimum Gasteiger partial charge on any atom is -0.497 e. The number of nitriles is 1. The van der Waals surface area contributed by atoms with Crippen LogP contribution in [0.1, 0.15) is 41.5 Å². The monoisotopic (exact) mass is 441 g/mol. The summed E-state index contributed by atoms with van der Waals surface area (Å²) in [4.78, 5) is 0. The Morgan fingerprint density at radius 2 is 1.82 bits per heavy atom. The number of fused-ring (bicyclic) bond motifs is 1. The number of aromatic amines is 1.